The van der Waals surface area contributed by atoms with Crippen molar-refractivity contribution in [2.45, 2.75) is 18.2 Å². The number of halogens is 1. The van der Waals surface area contributed by atoms with E-state index >= 15 is 0 Å². The summed E-state index contributed by atoms with van der Waals surface area (Å²) >= 11 is 4.02. The summed E-state index contributed by atoms with van der Waals surface area (Å²) in [6.45, 7) is 1.86. The van der Waals surface area contributed by atoms with Crippen LogP contribution in [0, 0.1) is 3.57 Å². The Morgan fingerprint density at radius 3 is 2.50 bits per heavy atom. The molecule has 5 heteroatoms. The Labute approximate surface area is 195 Å². The lowest BCUT2D eigenvalue weighted by atomic mass is 9.93. The second kappa shape index (κ2) is 11.2. The molecule has 3 aromatic carbocycles. The zero-order chi connectivity index (χ0) is 21.3. The highest BCUT2D eigenvalue weighted by molar-refractivity contribution is 14.1. The largest absolute Gasteiger partial charge is 0.482 e. The lowest BCUT2D eigenvalue weighted by Crippen LogP contribution is -2.09. The van der Waals surface area contributed by atoms with E-state index in [1.165, 1.54) is 22.3 Å². The van der Waals surface area contributed by atoms with Gasteiger partial charge in [-0.15, -0.1) is 11.8 Å². The van der Waals surface area contributed by atoms with Crippen molar-refractivity contribution in [3.05, 3.63) is 99.1 Å². The summed E-state index contributed by atoms with van der Waals surface area (Å²) in [5.74, 6) is 0.422. The molecule has 0 aliphatic carbocycles. The Bertz CT molecular complexity index is 1030. The molecule has 0 heterocycles. The number of benzene rings is 3. The molecular weight excluding hydrogens is 507 g/mol. The van der Waals surface area contributed by atoms with E-state index in [0.717, 1.165) is 20.6 Å². The maximum absolute atomic E-state index is 10.7. The normalized spacial score (nSPS) is 11.3. The van der Waals surface area contributed by atoms with Crippen LogP contribution in [0.4, 0.5) is 0 Å². The van der Waals surface area contributed by atoms with E-state index in [2.05, 4.69) is 84.1 Å². The van der Waals surface area contributed by atoms with Crippen LogP contribution in [-0.4, -0.2) is 23.4 Å². The van der Waals surface area contributed by atoms with Crippen molar-refractivity contribution in [3.8, 4) is 5.75 Å². The third kappa shape index (κ3) is 6.12. The summed E-state index contributed by atoms with van der Waals surface area (Å²) in [6.07, 6.45) is 3.28. The zero-order valence-electron chi connectivity index (χ0n) is 16.7. The average molecular weight is 530 g/mol. The van der Waals surface area contributed by atoms with Crippen molar-refractivity contribution in [3.63, 3.8) is 0 Å². The fraction of sp³-hybridized carbons (Fsp3) is 0.160. The second-order valence-corrected chi connectivity index (χ2v) is 8.80. The average Bonchev–Trinajstić information content (AvgIpc) is 2.77. The fourth-order valence-corrected chi connectivity index (χ4v) is 4.89. The first kappa shape index (κ1) is 22.4. The maximum atomic E-state index is 10.7. The quantitative estimate of drug-likeness (QED) is 0.252. The zero-order valence-corrected chi connectivity index (χ0v) is 19.7. The summed E-state index contributed by atoms with van der Waals surface area (Å²) in [6, 6.07) is 24.8. The predicted molar refractivity (Wildman–Crippen MR) is 132 cm³/mol. The molecule has 0 fully saturated rings. The van der Waals surface area contributed by atoms with Gasteiger partial charge < -0.3 is 9.84 Å². The van der Waals surface area contributed by atoms with Crippen molar-refractivity contribution in [1.82, 2.24) is 0 Å². The summed E-state index contributed by atoms with van der Waals surface area (Å²) in [5.41, 5.74) is 5.08. The van der Waals surface area contributed by atoms with Gasteiger partial charge in [0.2, 0.25) is 0 Å². The van der Waals surface area contributed by atoms with Crippen molar-refractivity contribution in [2.24, 2.45) is 0 Å². The van der Waals surface area contributed by atoms with Crippen LogP contribution < -0.4 is 4.74 Å². The number of aliphatic carboxylic acids is 1. The molecule has 0 radical (unpaired) electrons. The molecule has 154 valence electrons. The number of hydrogen-bond donors (Lipinski definition) is 1. The van der Waals surface area contributed by atoms with Crippen LogP contribution >= 0.6 is 34.4 Å². The first-order valence-electron chi connectivity index (χ1n) is 9.69. The number of ether oxygens (including phenoxy) is 1. The Morgan fingerprint density at radius 1 is 1.07 bits per heavy atom. The van der Waals surface area contributed by atoms with Gasteiger partial charge in [-0.2, -0.15) is 0 Å². The van der Waals surface area contributed by atoms with E-state index in [4.69, 9.17) is 9.84 Å². The molecule has 0 aliphatic heterocycles. The molecule has 0 spiro atoms. The van der Waals surface area contributed by atoms with Gasteiger partial charge in [0.25, 0.3) is 0 Å². The van der Waals surface area contributed by atoms with Crippen molar-refractivity contribution in [2.75, 3.05) is 12.4 Å². The predicted octanol–water partition coefficient (Wildman–Crippen LogP) is 6.54. The molecule has 0 aromatic heterocycles. The van der Waals surface area contributed by atoms with Crippen LogP contribution in [0.1, 0.15) is 23.6 Å². The second-order valence-electron chi connectivity index (χ2n) is 6.58. The molecule has 0 bridgehead atoms. The Kier molecular flexibility index (Phi) is 8.39. The van der Waals surface area contributed by atoms with E-state index < -0.39 is 5.97 Å². The number of aryl methyl sites for hydroxylation is 1. The molecule has 0 amide bonds. The fourth-order valence-electron chi connectivity index (χ4n) is 3.14. The van der Waals surface area contributed by atoms with Gasteiger partial charge in [-0.25, -0.2) is 4.79 Å². The van der Waals surface area contributed by atoms with Gasteiger partial charge in [0, 0.05) is 14.2 Å². The smallest absolute Gasteiger partial charge is 0.341 e. The Morgan fingerprint density at radius 2 is 1.80 bits per heavy atom. The summed E-state index contributed by atoms with van der Waals surface area (Å²) in [5, 5.41) is 8.75. The monoisotopic (exact) mass is 530 g/mol. The van der Waals surface area contributed by atoms with E-state index in [0.29, 0.717) is 5.75 Å². The van der Waals surface area contributed by atoms with E-state index in [-0.39, 0.29) is 6.61 Å². The highest BCUT2D eigenvalue weighted by atomic mass is 127. The lowest BCUT2D eigenvalue weighted by molar-refractivity contribution is -0.139. The van der Waals surface area contributed by atoms with Gasteiger partial charge in [0.1, 0.15) is 5.75 Å². The maximum Gasteiger partial charge on any atom is 0.341 e. The summed E-state index contributed by atoms with van der Waals surface area (Å²) in [4.78, 5) is 11.8. The first-order chi connectivity index (χ1) is 14.6. The van der Waals surface area contributed by atoms with Crippen LogP contribution in [0.2, 0.25) is 0 Å². The highest BCUT2D eigenvalue weighted by Crippen LogP contribution is 2.31. The van der Waals surface area contributed by atoms with Crippen LogP contribution in [0.3, 0.4) is 0 Å². The summed E-state index contributed by atoms with van der Waals surface area (Å²) in [7, 11) is 0. The number of hydrogen-bond acceptors (Lipinski definition) is 3. The third-order valence-electron chi connectivity index (χ3n) is 4.57. The van der Waals surface area contributed by atoms with E-state index in [9.17, 15) is 4.79 Å². The molecule has 3 nitrogen and oxygen atoms in total. The number of thioether (sulfide) groups is 1. The molecule has 0 saturated carbocycles. The van der Waals surface area contributed by atoms with Gasteiger partial charge >= 0.3 is 5.97 Å². The molecule has 0 aliphatic rings. The van der Waals surface area contributed by atoms with Gasteiger partial charge in [0.15, 0.2) is 6.61 Å². The first-order valence-corrected chi connectivity index (χ1v) is 11.8. The molecule has 30 heavy (non-hydrogen) atoms. The minimum atomic E-state index is -0.977. The van der Waals surface area contributed by atoms with Crippen LogP contribution in [0.5, 0.6) is 5.75 Å². The number of carboxylic acid groups (broad SMARTS) is 1. The Balaban J connectivity index is 1.81. The number of carboxylic acids is 1. The van der Waals surface area contributed by atoms with E-state index in [1.807, 2.05) is 24.3 Å². The van der Waals surface area contributed by atoms with Gasteiger partial charge in [-0.3, -0.25) is 0 Å². The molecule has 3 rings (SSSR count). The van der Waals surface area contributed by atoms with Gasteiger partial charge in [-0.05, 0) is 69.5 Å². The highest BCUT2D eigenvalue weighted by Gasteiger charge is 2.09. The van der Waals surface area contributed by atoms with Gasteiger partial charge in [0.05, 0.1) is 0 Å². The van der Waals surface area contributed by atoms with Crippen LogP contribution in [-0.2, 0) is 11.2 Å². The minimum absolute atomic E-state index is 0.331. The van der Waals surface area contributed by atoms with Crippen molar-refractivity contribution in [1.29, 1.82) is 0 Å². The molecule has 0 unspecified atom stereocenters. The topological polar surface area (TPSA) is 46.5 Å². The molecule has 0 saturated heterocycles. The molecule has 0 atom stereocenters. The van der Waals surface area contributed by atoms with Crippen molar-refractivity contribution < 1.29 is 14.6 Å². The standard InChI is InChI=1S/C25H23IO3S/c1-2-18-8-6-7-11-21(18)22(19-9-4-3-5-10-19)14-15-30-24-13-12-20(16-23(24)26)29-17-25(27)28/h3-14,16H,2,15,17H2,1H3,(H,27,28). The Hall–Kier alpha value is -2.25. The number of rotatable bonds is 9. The third-order valence-corrected chi connectivity index (χ3v) is 6.82. The van der Waals surface area contributed by atoms with Crippen LogP contribution in [0.15, 0.2) is 83.8 Å². The SMILES string of the molecule is CCc1ccccc1C(=CCSc1ccc(OCC(=O)O)cc1I)c1ccccc1. The van der Waals surface area contributed by atoms with Crippen LogP contribution in [0.25, 0.3) is 5.57 Å². The van der Waals surface area contributed by atoms with Crippen molar-refractivity contribution >= 4 is 45.9 Å². The number of carbonyl (C=O) groups is 1. The molecular formula is C25H23IO3S. The molecule has 3 aromatic rings. The minimum Gasteiger partial charge on any atom is -0.482 e. The van der Waals surface area contributed by atoms with Gasteiger partial charge in [-0.1, -0.05) is 67.6 Å². The summed E-state index contributed by atoms with van der Waals surface area (Å²) < 4.78 is 6.31. The molecule has 1 N–H and O–H groups in total. The van der Waals surface area contributed by atoms with E-state index in [1.54, 1.807) is 11.8 Å². The lowest BCUT2D eigenvalue weighted by Gasteiger charge is -2.13.